The summed E-state index contributed by atoms with van der Waals surface area (Å²) in [5, 5.41) is 9.03. The average Bonchev–Trinajstić information content (AvgIpc) is 2.37. The van der Waals surface area contributed by atoms with Crippen LogP contribution in [0.15, 0.2) is 36.5 Å². The number of alkyl halides is 3. The maximum atomic E-state index is 13.0. The fourth-order valence-electron chi connectivity index (χ4n) is 1.96. The van der Waals surface area contributed by atoms with Crippen molar-refractivity contribution in [1.29, 1.82) is 0 Å². The Hall–Kier alpha value is -2.08. The predicted octanol–water partition coefficient (Wildman–Crippen LogP) is 4.05. The molecule has 21 heavy (non-hydrogen) atoms. The normalized spacial score (nSPS) is 11.4. The van der Waals surface area contributed by atoms with Gasteiger partial charge in [0.2, 0.25) is 0 Å². The summed E-state index contributed by atoms with van der Waals surface area (Å²) in [5.41, 5.74) is -0.939. The van der Waals surface area contributed by atoms with Gasteiger partial charge in [-0.2, -0.15) is 13.2 Å². The third-order valence-electron chi connectivity index (χ3n) is 2.76. The van der Waals surface area contributed by atoms with E-state index in [1.165, 1.54) is 30.5 Å². The summed E-state index contributed by atoms with van der Waals surface area (Å²) >= 11 is 5.74. The van der Waals surface area contributed by atoms with Crippen molar-refractivity contribution in [1.82, 2.24) is 4.98 Å². The summed E-state index contributed by atoms with van der Waals surface area (Å²) in [4.78, 5) is 14.7. The van der Waals surface area contributed by atoms with E-state index in [0.717, 1.165) is 6.07 Å². The number of pyridine rings is 1. The monoisotopic (exact) mass is 315 g/mol. The molecule has 0 aliphatic rings. The van der Waals surface area contributed by atoms with Crippen LogP contribution in [0.25, 0.3) is 11.3 Å². The molecule has 0 saturated carbocycles. The summed E-state index contributed by atoms with van der Waals surface area (Å²) in [6.45, 7) is 0. The maximum Gasteiger partial charge on any atom is 0.417 e. The summed E-state index contributed by atoms with van der Waals surface area (Å²) < 4.78 is 39.1. The number of hydrogen-bond donors (Lipinski definition) is 1. The summed E-state index contributed by atoms with van der Waals surface area (Å²) in [7, 11) is 0. The minimum Gasteiger partial charge on any atom is -0.481 e. The van der Waals surface area contributed by atoms with Gasteiger partial charge in [0.1, 0.15) is 0 Å². The van der Waals surface area contributed by atoms with E-state index in [1.807, 2.05) is 0 Å². The lowest BCUT2D eigenvalue weighted by Crippen LogP contribution is -2.09. The Balaban J connectivity index is 2.65. The van der Waals surface area contributed by atoms with Gasteiger partial charge in [-0.1, -0.05) is 29.8 Å². The standard InChI is InChI=1S/C14H9ClF3NO2/c15-9-5-8(6-12(20)21)13(19-7-9)10-3-1-2-4-11(10)14(16,17)18/h1-5,7H,6H2,(H,20,21). The molecule has 0 aliphatic carbocycles. The molecule has 0 atom stereocenters. The first kappa shape index (κ1) is 15.3. The first-order valence-corrected chi connectivity index (χ1v) is 6.19. The van der Waals surface area contributed by atoms with E-state index < -0.39 is 24.1 Å². The van der Waals surface area contributed by atoms with Gasteiger partial charge in [-0.3, -0.25) is 9.78 Å². The maximum absolute atomic E-state index is 13.0. The van der Waals surface area contributed by atoms with E-state index in [-0.39, 0.29) is 21.8 Å². The number of carboxylic acid groups (broad SMARTS) is 1. The lowest BCUT2D eigenvalue weighted by molar-refractivity contribution is -0.137. The van der Waals surface area contributed by atoms with E-state index in [4.69, 9.17) is 16.7 Å². The Bertz CT molecular complexity index is 686. The molecule has 3 nitrogen and oxygen atoms in total. The van der Waals surface area contributed by atoms with Crippen LogP contribution in [0.1, 0.15) is 11.1 Å². The number of rotatable bonds is 3. The van der Waals surface area contributed by atoms with Gasteiger partial charge in [-0.25, -0.2) is 0 Å². The SMILES string of the molecule is O=C(O)Cc1cc(Cl)cnc1-c1ccccc1C(F)(F)F. The van der Waals surface area contributed by atoms with Crippen LogP contribution >= 0.6 is 11.6 Å². The molecule has 7 heteroatoms. The molecule has 1 aromatic heterocycles. The largest absolute Gasteiger partial charge is 0.481 e. The van der Waals surface area contributed by atoms with Gasteiger partial charge in [0, 0.05) is 11.8 Å². The fourth-order valence-corrected chi connectivity index (χ4v) is 2.14. The van der Waals surface area contributed by atoms with Crippen molar-refractivity contribution in [3.8, 4) is 11.3 Å². The van der Waals surface area contributed by atoms with Gasteiger partial charge >= 0.3 is 12.1 Å². The molecule has 0 spiro atoms. The highest BCUT2D eigenvalue weighted by Crippen LogP contribution is 2.37. The average molecular weight is 316 g/mol. The van der Waals surface area contributed by atoms with Crippen LogP contribution < -0.4 is 0 Å². The highest BCUT2D eigenvalue weighted by atomic mass is 35.5. The second-order valence-corrected chi connectivity index (χ2v) is 4.71. The van der Waals surface area contributed by atoms with E-state index >= 15 is 0 Å². The molecule has 110 valence electrons. The third-order valence-corrected chi connectivity index (χ3v) is 2.97. The highest BCUT2D eigenvalue weighted by Gasteiger charge is 2.34. The Morgan fingerprint density at radius 3 is 2.57 bits per heavy atom. The molecular formula is C14H9ClF3NO2. The minimum absolute atomic E-state index is 0.0327. The molecule has 0 bridgehead atoms. The smallest absolute Gasteiger partial charge is 0.417 e. The number of hydrogen-bond acceptors (Lipinski definition) is 2. The van der Waals surface area contributed by atoms with Crippen LogP contribution in [-0.4, -0.2) is 16.1 Å². The Morgan fingerprint density at radius 2 is 1.95 bits per heavy atom. The van der Waals surface area contributed by atoms with E-state index in [1.54, 1.807) is 0 Å². The molecule has 1 N–H and O–H groups in total. The number of halogens is 4. The van der Waals surface area contributed by atoms with Crippen molar-refractivity contribution in [3.05, 3.63) is 52.7 Å². The molecule has 0 aliphatic heterocycles. The van der Waals surface area contributed by atoms with Crippen LogP contribution in [0.2, 0.25) is 5.02 Å². The topological polar surface area (TPSA) is 50.2 Å². The van der Waals surface area contributed by atoms with Crippen LogP contribution in [0.5, 0.6) is 0 Å². The molecule has 2 rings (SSSR count). The molecule has 2 aromatic rings. The van der Waals surface area contributed by atoms with E-state index in [9.17, 15) is 18.0 Å². The summed E-state index contributed by atoms with van der Waals surface area (Å²) in [6.07, 6.45) is -3.83. The van der Waals surface area contributed by atoms with Crippen molar-refractivity contribution in [2.45, 2.75) is 12.6 Å². The van der Waals surface area contributed by atoms with Crippen LogP contribution in [0, 0.1) is 0 Å². The van der Waals surface area contributed by atoms with Gasteiger partial charge in [-0.05, 0) is 17.7 Å². The number of aromatic nitrogens is 1. The van der Waals surface area contributed by atoms with Crippen LogP contribution in [0.4, 0.5) is 13.2 Å². The van der Waals surface area contributed by atoms with Crippen LogP contribution in [0.3, 0.4) is 0 Å². The molecular weight excluding hydrogens is 307 g/mol. The Morgan fingerprint density at radius 1 is 1.29 bits per heavy atom. The first-order chi connectivity index (χ1) is 9.79. The number of carbonyl (C=O) groups is 1. The van der Waals surface area contributed by atoms with Crippen molar-refractivity contribution >= 4 is 17.6 Å². The first-order valence-electron chi connectivity index (χ1n) is 5.82. The number of nitrogens with zero attached hydrogens (tertiary/aromatic N) is 1. The van der Waals surface area contributed by atoms with Crippen LogP contribution in [-0.2, 0) is 17.4 Å². The van der Waals surface area contributed by atoms with Gasteiger partial charge < -0.3 is 5.11 Å². The Kier molecular flexibility index (Phi) is 4.18. The predicted molar refractivity (Wildman–Crippen MR) is 71.0 cm³/mol. The van der Waals surface area contributed by atoms with E-state index in [2.05, 4.69) is 4.98 Å². The molecule has 0 saturated heterocycles. The molecule has 1 heterocycles. The molecule has 0 amide bonds. The third kappa shape index (κ3) is 3.52. The quantitative estimate of drug-likeness (QED) is 0.929. The second kappa shape index (κ2) is 5.73. The lowest BCUT2D eigenvalue weighted by atomic mass is 9.98. The second-order valence-electron chi connectivity index (χ2n) is 4.28. The highest BCUT2D eigenvalue weighted by molar-refractivity contribution is 6.30. The molecule has 0 fully saturated rings. The van der Waals surface area contributed by atoms with Gasteiger partial charge in [0.15, 0.2) is 0 Å². The van der Waals surface area contributed by atoms with Crippen molar-refractivity contribution in [2.24, 2.45) is 0 Å². The molecule has 0 radical (unpaired) electrons. The van der Waals surface area contributed by atoms with Crippen molar-refractivity contribution in [2.75, 3.05) is 0 Å². The molecule has 1 aromatic carbocycles. The van der Waals surface area contributed by atoms with Crippen molar-refractivity contribution < 1.29 is 23.1 Å². The Labute approximate surface area is 123 Å². The number of benzene rings is 1. The van der Waals surface area contributed by atoms with Gasteiger partial charge in [-0.15, -0.1) is 0 Å². The van der Waals surface area contributed by atoms with Gasteiger partial charge in [0.05, 0.1) is 22.7 Å². The minimum atomic E-state index is -4.56. The molecule has 0 unspecified atom stereocenters. The zero-order valence-corrected chi connectivity index (χ0v) is 11.2. The summed E-state index contributed by atoms with van der Waals surface area (Å²) in [6, 6.07) is 6.19. The number of carboxylic acids is 1. The lowest BCUT2D eigenvalue weighted by Gasteiger charge is -2.14. The fraction of sp³-hybridized carbons (Fsp3) is 0.143. The van der Waals surface area contributed by atoms with Crippen molar-refractivity contribution in [3.63, 3.8) is 0 Å². The summed E-state index contributed by atoms with van der Waals surface area (Å²) in [5.74, 6) is -1.18. The zero-order valence-electron chi connectivity index (χ0n) is 10.5. The van der Waals surface area contributed by atoms with Gasteiger partial charge in [0.25, 0.3) is 0 Å². The van der Waals surface area contributed by atoms with E-state index in [0.29, 0.717) is 0 Å². The zero-order chi connectivity index (χ0) is 15.6. The number of aliphatic carboxylic acids is 1.